The first kappa shape index (κ1) is 55.7. The molecule has 337 valence electrons. The van der Waals surface area contributed by atoms with E-state index < -0.39 is 27.0 Å². The zero-order valence-corrected chi connectivity index (χ0v) is 39.4. The molecule has 0 bridgehead atoms. The molecular formula is C47H72CoN5O7-. The zero-order valence-electron chi connectivity index (χ0n) is 38.3. The molecule has 60 heavy (non-hydrogen) atoms. The Balaban J connectivity index is 0.00000186. The molecule has 13 heteroatoms. The summed E-state index contributed by atoms with van der Waals surface area (Å²) >= 11 is 0. The smallest absolute Gasteiger partial charge is 0.317 e. The summed E-state index contributed by atoms with van der Waals surface area (Å²) in [7, 11) is 0. The number of non-ortho nitro benzene ring substituents is 1. The van der Waals surface area contributed by atoms with Crippen molar-refractivity contribution in [2.45, 2.75) is 143 Å². The maximum atomic E-state index is 11.4. The second-order valence-electron chi connectivity index (χ2n) is 18.3. The number of quaternary nitrogens is 1. The number of aliphatic imine (C=N–C) groups is 2. The average Bonchev–Trinajstić information content (AvgIpc) is 3.12. The van der Waals surface area contributed by atoms with Crippen molar-refractivity contribution >= 4 is 23.8 Å². The third kappa shape index (κ3) is 15.6. The third-order valence-electron chi connectivity index (χ3n) is 10.7. The fraction of sp³-hybridized carbons (Fsp3) is 0.532. The van der Waals surface area contributed by atoms with Gasteiger partial charge in [0.2, 0.25) is 0 Å². The van der Waals surface area contributed by atoms with Crippen molar-refractivity contribution < 1.29 is 46.8 Å². The quantitative estimate of drug-likeness (QED) is 0.0606. The van der Waals surface area contributed by atoms with Gasteiger partial charge in [-0.1, -0.05) is 87.3 Å². The predicted molar refractivity (Wildman–Crippen MR) is 243 cm³/mol. The summed E-state index contributed by atoms with van der Waals surface area (Å²) in [5.41, 5.74) is 4.64. The standard InChI is InChI=1S/C39H61N3O2.C6H4N2O5.2CH3.Co/c1-12-42(13-2)20-16-17-27-21-30(37(3,4)5)22-28(35(27)43)25-40-33-18-14-15-19-34(33)41-26-29-23-31(38(6,7)8)24-32(36(29)44)39(9,10)11;9-6-2-1-4(7(10)11)3-5(6)8(12)13;;;/h21-26,33-34,43-44H,12-20H2,1-11H3;1-3,9H;2*1H3;/q;;2*-1;/p+1/t33-,34?;;;;/m1..../s1. The molecule has 0 spiro atoms. The van der Waals surface area contributed by atoms with Gasteiger partial charge in [0.25, 0.3) is 5.69 Å². The second kappa shape index (κ2) is 23.6. The van der Waals surface area contributed by atoms with Crippen LogP contribution in [0.1, 0.15) is 142 Å². The molecule has 1 fully saturated rings. The number of phenols is 3. The Morgan fingerprint density at radius 3 is 1.63 bits per heavy atom. The fourth-order valence-corrected chi connectivity index (χ4v) is 6.90. The van der Waals surface area contributed by atoms with Crippen molar-refractivity contribution in [3.8, 4) is 17.2 Å². The number of aryl methyl sites for hydroxylation is 1. The maximum absolute atomic E-state index is 11.4. The number of hydrogen-bond donors (Lipinski definition) is 4. The first-order chi connectivity index (χ1) is 26.5. The summed E-state index contributed by atoms with van der Waals surface area (Å²) in [6.45, 7) is 27.6. The summed E-state index contributed by atoms with van der Waals surface area (Å²) in [5.74, 6) is 0.102. The Morgan fingerprint density at radius 1 is 0.717 bits per heavy atom. The molecular weight excluding hydrogens is 805 g/mol. The van der Waals surface area contributed by atoms with Crippen molar-refractivity contribution in [3.05, 3.63) is 111 Å². The molecule has 1 radical (unpaired) electrons. The van der Waals surface area contributed by atoms with Gasteiger partial charge in [-0.05, 0) is 84.2 Å². The van der Waals surface area contributed by atoms with Crippen LogP contribution in [0.25, 0.3) is 0 Å². The molecule has 0 aliphatic heterocycles. The van der Waals surface area contributed by atoms with Gasteiger partial charge in [-0.3, -0.25) is 30.2 Å². The number of nitrogens with zero attached hydrogens (tertiary/aromatic N) is 4. The molecule has 1 aliphatic rings. The normalized spacial score (nSPS) is 15.7. The molecule has 1 saturated carbocycles. The molecule has 4 N–H and O–H groups in total. The van der Waals surface area contributed by atoms with Gasteiger partial charge in [0.1, 0.15) is 11.5 Å². The van der Waals surface area contributed by atoms with Crippen molar-refractivity contribution in [3.63, 3.8) is 0 Å². The first-order valence-electron chi connectivity index (χ1n) is 20.2. The Morgan fingerprint density at radius 2 is 1.20 bits per heavy atom. The van der Waals surface area contributed by atoms with Crippen LogP contribution in [-0.4, -0.2) is 69.3 Å². The topological polar surface area (TPSA) is 176 Å². The van der Waals surface area contributed by atoms with Gasteiger partial charge in [-0.2, -0.15) is 0 Å². The van der Waals surface area contributed by atoms with Crippen LogP contribution in [0.2, 0.25) is 0 Å². The number of aromatic hydroxyl groups is 3. The Hall–Kier alpha value is -4.33. The summed E-state index contributed by atoms with van der Waals surface area (Å²) < 4.78 is 0. The molecule has 4 rings (SSSR count). The van der Waals surface area contributed by atoms with E-state index in [-0.39, 0.29) is 60.0 Å². The van der Waals surface area contributed by atoms with E-state index in [1.807, 2.05) is 12.4 Å². The molecule has 0 saturated heterocycles. The van der Waals surface area contributed by atoms with Gasteiger partial charge in [0.05, 0.1) is 47.6 Å². The van der Waals surface area contributed by atoms with E-state index in [4.69, 9.17) is 15.1 Å². The summed E-state index contributed by atoms with van der Waals surface area (Å²) in [4.78, 5) is 30.5. The zero-order chi connectivity index (χ0) is 42.9. The van der Waals surface area contributed by atoms with Crippen molar-refractivity contribution in [1.29, 1.82) is 0 Å². The molecule has 1 unspecified atom stereocenters. The van der Waals surface area contributed by atoms with E-state index in [9.17, 15) is 30.4 Å². The van der Waals surface area contributed by atoms with E-state index in [0.717, 1.165) is 92.5 Å². The second-order valence-corrected chi connectivity index (χ2v) is 18.3. The van der Waals surface area contributed by atoms with Crippen LogP contribution in [0.5, 0.6) is 17.2 Å². The number of nitrogens with one attached hydrogen (secondary N) is 1. The summed E-state index contributed by atoms with van der Waals surface area (Å²) in [5, 5.41) is 52.0. The fourth-order valence-electron chi connectivity index (χ4n) is 6.90. The molecule has 0 aromatic heterocycles. The Bertz CT molecular complexity index is 1920. The summed E-state index contributed by atoms with van der Waals surface area (Å²) in [6, 6.07) is 11.2. The van der Waals surface area contributed by atoms with Crippen LogP contribution in [0.3, 0.4) is 0 Å². The van der Waals surface area contributed by atoms with E-state index in [2.05, 4.69) is 100 Å². The van der Waals surface area contributed by atoms with E-state index in [1.54, 1.807) is 4.90 Å². The van der Waals surface area contributed by atoms with Crippen molar-refractivity contribution in [2.75, 3.05) is 19.6 Å². The monoisotopic (exact) mass is 877 g/mol. The molecule has 0 heterocycles. The molecule has 12 nitrogen and oxygen atoms in total. The van der Waals surface area contributed by atoms with E-state index >= 15 is 0 Å². The average molecular weight is 878 g/mol. The number of benzene rings is 3. The Labute approximate surface area is 370 Å². The van der Waals surface area contributed by atoms with Gasteiger partial charge in [-0.25, -0.2) is 0 Å². The Kier molecular flexibility index (Phi) is 21.9. The van der Waals surface area contributed by atoms with Crippen LogP contribution < -0.4 is 4.90 Å². The SMILES string of the molecule is CC[NH+](CC)CCCc1cc(C(C)(C)C)cc(C=N[C@@H]2CCCCC2N=Cc2cc(C(C)(C)C)cc(C(C)(C)C)c2O)c1O.O=[N+]([O-])c1ccc(O)c([N+](=O)[O-])c1.[CH3-].[CH3-].[Co]. The minimum atomic E-state index is -0.887. The number of nitro benzene ring substituents is 2. The van der Waals surface area contributed by atoms with Crippen LogP contribution in [-0.2, 0) is 39.4 Å². The first-order valence-corrected chi connectivity index (χ1v) is 20.2. The van der Waals surface area contributed by atoms with E-state index in [1.165, 1.54) is 11.1 Å². The van der Waals surface area contributed by atoms with E-state index in [0.29, 0.717) is 17.6 Å². The number of hydrogen-bond acceptors (Lipinski definition) is 9. The number of nitro groups is 2. The molecule has 1 aliphatic carbocycles. The van der Waals surface area contributed by atoms with Crippen molar-refractivity contribution in [2.24, 2.45) is 9.98 Å². The molecule has 2 atom stereocenters. The minimum absolute atomic E-state index is 0. The van der Waals surface area contributed by atoms with Gasteiger partial charge in [0, 0.05) is 58.4 Å². The molecule has 3 aromatic carbocycles. The van der Waals surface area contributed by atoms with Crippen LogP contribution >= 0.6 is 0 Å². The van der Waals surface area contributed by atoms with Crippen LogP contribution in [0.15, 0.2) is 52.4 Å². The van der Waals surface area contributed by atoms with Crippen molar-refractivity contribution in [1.82, 2.24) is 0 Å². The molecule has 3 aromatic rings. The number of phenolic OH excluding ortho intramolecular Hbond substituents is 3. The van der Waals surface area contributed by atoms with Gasteiger partial charge >= 0.3 is 5.69 Å². The third-order valence-corrected chi connectivity index (χ3v) is 10.7. The predicted octanol–water partition coefficient (Wildman–Crippen LogP) is 9.80. The largest absolute Gasteiger partial charge is 0.507 e. The molecule has 0 amide bonds. The van der Waals surface area contributed by atoms with Gasteiger partial charge in [0.15, 0.2) is 5.75 Å². The van der Waals surface area contributed by atoms with Crippen LogP contribution in [0, 0.1) is 35.1 Å². The summed E-state index contributed by atoms with van der Waals surface area (Å²) in [6.07, 6.45) is 9.89. The number of rotatable bonds is 12. The van der Waals surface area contributed by atoms with Gasteiger partial charge in [-0.15, -0.1) is 0 Å². The maximum Gasteiger partial charge on any atom is 0.317 e. The van der Waals surface area contributed by atoms with Crippen LogP contribution in [0.4, 0.5) is 11.4 Å². The van der Waals surface area contributed by atoms with Gasteiger partial charge < -0.3 is 35.1 Å². The minimum Gasteiger partial charge on any atom is -0.507 e.